The van der Waals surface area contributed by atoms with Crippen LogP contribution in [-0.2, 0) is 4.79 Å². The minimum Gasteiger partial charge on any atom is -0.384 e. The van der Waals surface area contributed by atoms with Gasteiger partial charge in [0.2, 0.25) is 5.91 Å². The van der Waals surface area contributed by atoms with E-state index >= 15 is 0 Å². The van der Waals surface area contributed by atoms with Crippen LogP contribution < -0.4 is 10.6 Å². The van der Waals surface area contributed by atoms with Crippen molar-refractivity contribution < 1.29 is 4.79 Å². The van der Waals surface area contributed by atoms with E-state index in [1.165, 1.54) is 24.1 Å². The molecule has 1 heterocycles. The maximum atomic E-state index is 11.8. The number of fused-ring (bicyclic) bond motifs is 1. The fourth-order valence-corrected chi connectivity index (χ4v) is 2.44. The monoisotopic (exact) mass is 246 g/mol. The third-order valence-corrected chi connectivity index (χ3v) is 3.47. The second-order valence-electron chi connectivity index (χ2n) is 4.93. The standard InChI is InChI=1S/C15H22N2O/c1-2-3-6-9-16-15(18)10-12-11-17-14-8-5-4-7-13(12)14/h4-5,7-8,12,17H,2-3,6,9-11H2,1H3,(H,16,18). The highest BCUT2D eigenvalue weighted by molar-refractivity contribution is 5.78. The Bertz CT molecular complexity index is 403. The molecule has 1 atom stereocenters. The zero-order valence-corrected chi connectivity index (χ0v) is 11.0. The molecule has 1 aromatic rings. The van der Waals surface area contributed by atoms with E-state index in [9.17, 15) is 4.79 Å². The summed E-state index contributed by atoms with van der Waals surface area (Å²) in [5.74, 6) is 0.502. The molecule has 1 amide bonds. The molecule has 1 aliphatic heterocycles. The number of carbonyl (C=O) groups excluding carboxylic acids is 1. The SMILES string of the molecule is CCCCCNC(=O)CC1CNc2ccccc21. The lowest BCUT2D eigenvalue weighted by molar-refractivity contribution is -0.121. The fraction of sp³-hybridized carbons (Fsp3) is 0.533. The molecule has 0 radical (unpaired) electrons. The molecular weight excluding hydrogens is 224 g/mol. The Morgan fingerprint density at radius 2 is 2.22 bits per heavy atom. The molecule has 98 valence electrons. The average molecular weight is 246 g/mol. The van der Waals surface area contributed by atoms with E-state index in [2.05, 4.69) is 29.7 Å². The van der Waals surface area contributed by atoms with Crippen molar-refractivity contribution in [2.24, 2.45) is 0 Å². The van der Waals surface area contributed by atoms with Crippen molar-refractivity contribution in [3.63, 3.8) is 0 Å². The molecule has 0 bridgehead atoms. The van der Waals surface area contributed by atoms with Gasteiger partial charge >= 0.3 is 0 Å². The Morgan fingerprint density at radius 1 is 1.39 bits per heavy atom. The first-order valence-corrected chi connectivity index (χ1v) is 6.90. The van der Waals surface area contributed by atoms with Crippen LogP contribution in [0.2, 0.25) is 0 Å². The number of hydrogen-bond donors (Lipinski definition) is 2. The molecule has 3 nitrogen and oxygen atoms in total. The van der Waals surface area contributed by atoms with Crippen LogP contribution in [0.5, 0.6) is 0 Å². The number of hydrogen-bond acceptors (Lipinski definition) is 2. The van der Waals surface area contributed by atoms with Crippen LogP contribution in [0, 0.1) is 0 Å². The Balaban J connectivity index is 1.79. The van der Waals surface area contributed by atoms with Gasteiger partial charge in [0.05, 0.1) is 0 Å². The molecule has 1 unspecified atom stereocenters. The smallest absolute Gasteiger partial charge is 0.220 e. The van der Waals surface area contributed by atoms with Gasteiger partial charge in [0.25, 0.3) is 0 Å². The normalized spacial score (nSPS) is 17.1. The minimum atomic E-state index is 0.176. The number of benzene rings is 1. The van der Waals surface area contributed by atoms with Gasteiger partial charge in [0.15, 0.2) is 0 Å². The Hall–Kier alpha value is -1.51. The predicted molar refractivity (Wildman–Crippen MR) is 74.8 cm³/mol. The van der Waals surface area contributed by atoms with Crippen LogP contribution in [0.3, 0.4) is 0 Å². The van der Waals surface area contributed by atoms with Crippen molar-refractivity contribution in [2.45, 2.75) is 38.5 Å². The zero-order valence-electron chi connectivity index (χ0n) is 11.0. The van der Waals surface area contributed by atoms with Crippen molar-refractivity contribution in [2.75, 3.05) is 18.4 Å². The van der Waals surface area contributed by atoms with E-state index in [4.69, 9.17) is 0 Å². The van der Waals surface area contributed by atoms with Crippen LogP contribution in [0.15, 0.2) is 24.3 Å². The molecule has 0 aromatic heterocycles. The van der Waals surface area contributed by atoms with Crippen LogP contribution in [0.4, 0.5) is 5.69 Å². The number of anilines is 1. The van der Waals surface area contributed by atoms with Crippen LogP contribution >= 0.6 is 0 Å². The first-order chi connectivity index (χ1) is 8.81. The minimum absolute atomic E-state index is 0.176. The molecule has 0 saturated carbocycles. The lowest BCUT2D eigenvalue weighted by Crippen LogP contribution is -2.26. The summed E-state index contributed by atoms with van der Waals surface area (Å²) in [6.07, 6.45) is 4.06. The van der Waals surface area contributed by atoms with Crippen molar-refractivity contribution >= 4 is 11.6 Å². The number of rotatable bonds is 6. The van der Waals surface area contributed by atoms with Gasteiger partial charge in [-0.1, -0.05) is 38.0 Å². The molecule has 2 rings (SSSR count). The lowest BCUT2D eigenvalue weighted by atomic mass is 9.97. The topological polar surface area (TPSA) is 41.1 Å². The van der Waals surface area contributed by atoms with Crippen molar-refractivity contribution in [3.8, 4) is 0 Å². The average Bonchev–Trinajstić information content (AvgIpc) is 2.78. The Morgan fingerprint density at radius 3 is 3.06 bits per heavy atom. The molecule has 0 spiro atoms. The number of carbonyl (C=O) groups is 1. The molecule has 0 fully saturated rings. The van der Waals surface area contributed by atoms with Gasteiger partial charge in [-0.2, -0.15) is 0 Å². The highest BCUT2D eigenvalue weighted by Gasteiger charge is 2.23. The largest absolute Gasteiger partial charge is 0.384 e. The fourth-order valence-electron chi connectivity index (χ4n) is 2.44. The maximum absolute atomic E-state index is 11.8. The molecule has 1 aromatic carbocycles. The van der Waals surface area contributed by atoms with Crippen molar-refractivity contribution in [3.05, 3.63) is 29.8 Å². The molecule has 18 heavy (non-hydrogen) atoms. The summed E-state index contributed by atoms with van der Waals surface area (Å²) in [7, 11) is 0. The molecule has 0 saturated heterocycles. The quantitative estimate of drug-likeness (QED) is 0.758. The van der Waals surface area contributed by atoms with Crippen molar-refractivity contribution in [1.29, 1.82) is 0 Å². The third kappa shape index (κ3) is 3.25. The van der Waals surface area contributed by atoms with Gasteiger partial charge in [-0.15, -0.1) is 0 Å². The second kappa shape index (κ2) is 6.43. The van der Waals surface area contributed by atoms with Crippen LogP contribution in [0.1, 0.15) is 44.1 Å². The summed E-state index contributed by atoms with van der Waals surface area (Å²) >= 11 is 0. The second-order valence-corrected chi connectivity index (χ2v) is 4.93. The number of unbranched alkanes of at least 4 members (excludes halogenated alkanes) is 2. The summed E-state index contributed by atoms with van der Waals surface area (Å²) in [5, 5.41) is 6.36. The summed E-state index contributed by atoms with van der Waals surface area (Å²) in [6.45, 7) is 3.86. The van der Waals surface area contributed by atoms with E-state index in [1.54, 1.807) is 0 Å². The maximum Gasteiger partial charge on any atom is 0.220 e. The number of para-hydroxylation sites is 1. The highest BCUT2D eigenvalue weighted by Crippen LogP contribution is 2.32. The Labute approximate surface area is 109 Å². The summed E-state index contributed by atoms with van der Waals surface area (Å²) in [4.78, 5) is 11.8. The van der Waals surface area contributed by atoms with Crippen LogP contribution in [-0.4, -0.2) is 19.0 Å². The summed E-state index contributed by atoms with van der Waals surface area (Å²) in [5.41, 5.74) is 2.46. The van der Waals surface area contributed by atoms with Gasteiger partial charge in [-0.3, -0.25) is 4.79 Å². The van der Waals surface area contributed by atoms with E-state index in [-0.39, 0.29) is 5.91 Å². The molecule has 1 aliphatic rings. The molecule has 3 heteroatoms. The van der Waals surface area contributed by atoms with Gasteiger partial charge < -0.3 is 10.6 Å². The molecule has 0 aliphatic carbocycles. The highest BCUT2D eigenvalue weighted by atomic mass is 16.1. The number of nitrogens with one attached hydrogen (secondary N) is 2. The van der Waals surface area contributed by atoms with Gasteiger partial charge in [-0.25, -0.2) is 0 Å². The molecular formula is C15H22N2O. The van der Waals surface area contributed by atoms with E-state index in [0.29, 0.717) is 12.3 Å². The number of amides is 1. The van der Waals surface area contributed by atoms with E-state index < -0.39 is 0 Å². The Kier molecular flexibility index (Phi) is 4.62. The molecule has 2 N–H and O–H groups in total. The third-order valence-electron chi connectivity index (χ3n) is 3.47. The predicted octanol–water partition coefficient (Wildman–Crippen LogP) is 2.89. The lowest BCUT2D eigenvalue weighted by Gasteiger charge is -2.10. The van der Waals surface area contributed by atoms with Crippen molar-refractivity contribution in [1.82, 2.24) is 5.32 Å². The van der Waals surface area contributed by atoms with E-state index in [0.717, 1.165) is 19.5 Å². The first kappa shape index (κ1) is 12.9. The summed E-state index contributed by atoms with van der Waals surface area (Å²) < 4.78 is 0. The van der Waals surface area contributed by atoms with Gasteiger partial charge in [-0.05, 0) is 18.1 Å². The zero-order chi connectivity index (χ0) is 12.8. The first-order valence-electron chi connectivity index (χ1n) is 6.90. The van der Waals surface area contributed by atoms with Crippen LogP contribution in [0.25, 0.3) is 0 Å². The summed E-state index contributed by atoms with van der Waals surface area (Å²) in [6, 6.07) is 8.26. The van der Waals surface area contributed by atoms with E-state index in [1.807, 2.05) is 12.1 Å². The van der Waals surface area contributed by atoms with Gasteiger partial charge in [0.1, 0.15) is 0 Å². The van der Waals surface area contributed by atoms with Gasteiger partial charge in [0, 0.05) is 31.1 Å².